The van der Waals surface area contributed by atoms with Crippen molar-refractivity contribution >= 4 is 45.8 Å². The Bertz CT molecular complexity index is 1570. The Labute approximate surface area is 225 Å². The van der Waals surface area contributed by atoms with Gasteiger partial charge in [-0.05, 0) is 31.9 Å². The Kier molecular flexibility index (Phi) is 8.04. The Morgan fingerprint density at radius 3 is 2.71 bits per heavy atom. The van der Waals surface area contributed by atoms with E-state index in [1.54, 1.807) is 6.92 Å². The van der Waals surface area contributed by atoms with Crippen LogP contribution in [0.15, 0.2) is 35.3 Å². The summed E-state index contributed by atoms with van der Waals surface area (Å²) >= 11 is 7.54. The number of benzene rings is 1. The Hall–Kier alpha value is -3.88. The summed E-state index contributed by atoms with van der Waals surface area (Å²) < 4.78 is 32.9. The van der Waals surface area contributed by atoms with Crippen LogP contribution >= 0.6 is 22.9 Å². The van der Waals surface area contributed by atoms with E-state index in [-0.39, 0.29) is 44.9 Å². The first kappa shape index (κ1) is 27.2. The largest absolute Gasteiger partial charge is 0.428 e. The highest BCUT2D eigenvalue weighted by molar-refractivity contribution is 7.16. The number of aromatic nitrogens is 2. The molecule has 4 rings (SSSR count). The van der Waals surface area contributed by atoms with E-state index >= 15 is 0 Å². The molecule has 0 aliphatic heterocycles. The molecule has 0 atom stereocenters. The van der Waals surface area contributed by atoms with Crippen LogP contribution in [0, 0.1) is 35.5 Å². The molecule has 0 saturated heterocycles. The third kappa shape index (κ3) is 6.51. The van der Waals surface area contributed by atoms with Crippen molar-refractivity contribution in [2.45, 2.75) is 39.7 Å². The number of carbonyl (C=O) groups excluding carboxylic acids is 1. The van der Waals surface area contributed by atoms with Crippen molar-refractivity contribution in [3.05, 3.63) is 67.5 Å². The van der Waals surface area contributed by atoms with Crippen LogP contribution in [-0.4, -0.2) is 27.3 Å². The molecule has 3 aromatic rings. The summed E-state index contributed by atoms with van der Waals surface area (Å²) in [7, 11) is 0. The van der Waals surface area contributed by atoms with E-state index in [9.17, 15) is 18.4 Å². The second-order valence-electron chi connectivity index (χ2n) is 8.62. The number of alkyl halides is 2. The van der Waals surface area contributed by atoms with Gasteiger partial charge in [0.15, 0.2) is 11.0 Å². The van der Waals surface area contributed by atoms with Crippen molar-refractivity contribution in [3.63, 3.8) is 0 Å². The molecule has 0 radical (unpaired) electrons. The molecule has 12 heteroatoms. The molecule has 1 saturated carbocycles. The van der Waals surface area contributed by atoms with E-state index in [0.717, 1.165) is 34.4 Å². The number of nitrogens with zero attached hydrogens (tertiary/aromatic N) is 2. The molecular weight excluding hydrogens is 536 g/mol. The number of carbonyl (C=O) groups is 1. The minimum absolute atomic E-state index is 0.0815. The number of hydrogen-bond acceptors (Lipinski definition) is 7. The summed E-state index contributed by atoms with van der Waals surface area (Å²) in [5.74, 6) is 5.30. The monoisotopic (exact) mass is 557 g/mol. The lowest BCUT2D eigenvalue weighted by atomic mass is 9.99. The van der Waals surface area contributed by atoms with Crippen molar-refractivity contribution in [1.29, 1.82) is 10.8 Å². The van der Waals surface area contributed by atoms with Crippen molar-refractivity contribution in [1.82, 2.24) is 9.55 Å². The third-order valence-corrected chi connectivity index (χ3v) is 6.80. The van der Waals surface area contributed by atoms with Gasteiger partial charge in [-0.1, -0.05) is 40.8 Å². The molecule has 38 heavy (non-hydrogen) atoms. The van der Waals surface area contributed by atoms with Crippen molar-refractivity contribution in [3.8, 4) is 23.0 Å². The van der Waals surface area contributed by atoms with E-state index in [0.29, 0.717) is 11.6 Å². The Morgan fingerprint density at radius 1 is 1.32 bits per heavy atom. The number of nitrogens with one attached hydrogen (secondary N) is 3. The molecule has 8 nitrogen and oxygen atoms in total. The second kappa shape index (κ2) is 11.2. The Balaban J connectivity index is 1.75. The highest BCUT2D eigenvalue weighted by atomic mass is 35.5. The third-order valence-electron chi connectivity index (χ3n) is 5.48. The molecule has 196 valence electrons. The predicted octanol–water partition coefficient (Wildman–Crippen LogP) is 5.88. The summed E-state index contributed by atoms with van der Waals surface area (Å²) in [6, 6.07) is 4.64. The minimum atomic E-state index is -2.79. The van der Waals surface area contributed by atoms with Crippen molar-refractivity contribution in [2.75, 3.05) is 5.32 Å². The molecule has 0 bridgehead atoms. The lowest BCUT2D eigenvalue weighted by Gasteiger charge is -2.15. The number of thiazole rings is 1. The lowest BCUT2D eigenvalue weighted by molar-refractivity contribution is 0.102. The zero-order chi connectivity index (χ0) is 27.6. The number of anilines is 1. The van der Waals surface area contributed by atoms with Crippen LogP contribution in [0.2, 0.25) is 5.02 Å². The van der Waals surface area contributed by atoms with Crippen LogP contribution in [0.25, 0.3) is 11.1 Å². The number of hydrogen-bond donors (Lipinski definition) is 3. The van der Waals surface area contributed by atoms with Gasteiger partial charge in [0.1, 0.15) is 11.4 Å². The fraction of sp³-hybridized carbons (Fsp3) is 0.269. The van der Waals surface area contributed by atoms with Gasteiger partial charge in [0.2, 0.25) is 5.90 Å². The quantitative estimate of drug-likeness (QED) is 0.199. The van der Waals surface area contributed by atoms with Gasteiger partial charge in [0, 0.05) is 46.8 Å². The van der Waals surface area contributed by atoms with Crippen molar-refractivity contribution in [2.24, 2.45) is 5.92 Å². The number of halogens is 3. The number of ether oxygens (including phenoxy) is 1. The summed E-state index contributed by atoms with van der Waals surface area (Å²) in [4.78, 5) is 31.3. The molecule has 0 unspecified atom stereocenters. The molecule has 1 fully saturated rings. The van der Waals surface area contributed by atoms with Gasteiger partial charge in [-0.15, -0.1) is 0 Å². The summed E-state index contributed by atoms with van der Waals surface area (Å²) in [6.45, 7) is 2.75. The molecule has 2 aromatic heterocycles. The fourth-order valence-electron chi connectivity index (χ4n) is 3.48. The van der Waals surface area contributed by atoms with E-state index in [1.165, 1.54) is 36.6 Å². The normalized spacial score (nSPS) is 12.6. The maximum atomic E-state index is 13.5. The fourth-order valence-corrected chi connectivity index (χ4v) is 4.52. The number of pyridine rings is 1. The molecule has 2 heterocycles. The number of aryl methyl sites for hydroxylation is 1. The number of rotatable bonds is 6. The highest BCUT2D eigenvalue weighted by Crippen LogP contribution is 2.34. The predicted molar refractivity (Wildman–Crippen MR) is 143 cm³/mol. The van der Waals surface area contributed by atoms with Crippen LogP contribution in [0.4, 0.5) is 13.9 Å². The van der Waals surface area contributed by atoms with Crippen LogP contribution in [-0.2, 0) is 11.3 Å². The molecule has 1 aromatic carbocycles. The number of amides is 1. The highest BCUT2D eigenvalue weighted by Gasteiger charge is 2.22. The minimum Gasteiger partial charge on any atom is -0.428 e. The van der Waals surface area contributed by atoms with Gasteiger partial charge in [0.05, 0.1) is 11.3 Å². The Morgan fingerprint density at radius 2 is 2.05 bits per heavy atom. The zero-order valence-corrected chi connectivity index (χ0v) is 21.9. The van der Waals surface area contributed by atoms with Gasteiger partial charge in [0.25, 0.3) is 17.9 Å². The van der Waals surface area contributed by atoms with Crippen LogP contribution < -0.4 is 10.9 Å². The summed E-state index contributed by atoms with van der Waals surface area (Å²) in [5.41, 5.74) is -0.238. The smallest absolute Gasteiger partial charge is 0.263 e. The van der Waals surface area contributed by atoms with E-state index in [1.807, 2.05) is 0 Å². The summed E-state index contributed by atoms with van der Waals surface area (Å²) in [5, 5.41) is 18.3. The van der Waals surface area contributed by atoms with Gasteiger partial charge < -0.3 is 9.30 Å². The lowest BCUT2D eigenvalue weighted by Crippen LogP contribution is -2.27. The topological polar surface area (TPSA) is 121 Å². The molecule has 1 aliphatic rings. The molecule has 3 N–H and O–H groups in total. The van der Waals surface area contributed by atoms with Crippen LogP contribution in [0.5, 0.6) is 0 Å². The first-order valence-electron chi connectivity index (χ1n) is 11.4. The van der Waals surface area contributed by atoms with Crippen molar-refractivity contribution < 1.29 is 18.3 Å². The standard InChI is InChI=1S/C26H22ClF2N5O3S/c1-13-21(8-5-15-3-4-15)38-26(32-13)33-25(36)18-10-23(35)34(12-22(31)37-14(2)30)11-19(18)17-9-16(24(28)29)6-7-20(17)27/h6-7,9-11,15,24,30-31H,3-4,12H2,1-2H3,(H,32,33,36). The molecule has 1 amide bonds. The summed E-state index contributed by atoms with van der Waals surface area (Å²) in [6.07, 6.45) is 0.611. The average Bonchev–Trinajstić information content (AvgIpc) is 3.60. The molecular formula is C26H22ClF2N5O3S. The molecule has 1 aliphatic carbocycles. The van der Waals surface area contributed by atoms with Crippen LogP contribution in [0.3, 0.4) is 0 Å². The van der Waals surface area contributed by atoms with Gasteiger partial charge in [-0.3, -0.25) is 25.7 Å². The average molecular weight is 558 g/mol. The van der Waals surface area contributed by atoms with Gasteiger partial charge in [-0.2, -0.15) is 0 Å². The maximum absolute atomic E-state index is 13.5. The molecule has 0 spiro atoms. The zero-order valence-electron chi connectivity index (χ0n) is 20.3. The second-order valence-corrected chi connectivity index (χ2v) is 10.0. The van der Waals surface area contributed by atoms with Gasteiger partial charge >= 0.3 is 0 Å². The van der Waals surface area contributed by atoms with E-state index in [4.69, 9.17) is 27.2 Å². The van der Waals surface area contributed by atoms with E-state index in [2.05, 4.69) is 22.1 Å². The SMILES string of the molecule is CC(=N)OC(=N)Cn1cc(-c2cc(C(F)F)ccc2Cl)c(C(=O)Nc2nc(C)c(C#CC3CC3)s2)cc1=O. The first-order chi connectivity index (χ1) is 18.0. The maximum Gasteiger partial charge on any atom is 0.263 e. The van der Waals surface area contributed by atoms with Crippen LogP contribution in [0.1, 0.15) is 52.7 Å². The van der Waals surface area contributed by atoms with Gasteiger partial charge in [-0.25, -0.2) is 13.8 Å². The van der Waals surface area contributed by atoms with E-state index < -0.39 is 23.8 Å². The first-order valence-corrected chi connectivity index (χ1v) is 12.6.